The van der Waals surface area contributed by atoms with Crippen LogP contribution in [-0.4, -0.2) is 16.0 Å². The van der Waals surface area contributed by atoms with E-state index in [9.17, 15) is 4.79 Å². The number of nitrogens with zero attached hydrogens (tertiary/aromatic N) is 2. The fourth-order valence-corrected chi connectivity index (χ4v) is 2.57. The highest BCUT2D eigenvalue weighted by atomic mass is 35.5. The molecule has 0 aliphatic rings. The van der Waals surface area contributed by atoms with E-state index in [2.05, 4.69) is 10.1 Å². The van der Waals surface area contributed by atoms with Gasteiger partial charge in [0.25, 0.3) is 5.56 Å². The number of H-pyrrole nitrogens is 1. The van der Waals surface area contributed by atoms with Crippen LogP contribution in [0.5, 0.6) is 0 Å². The standard InChI is InChI=1S/C18H15Cl2N3O/c1-12-17(11-21-10-13-2-4-14(19)5-3-13)18(24)23(22-12)16-8-6-15(20)7-9-16/h2-9,11,22H,10H2,1H3. The monoisotopic (exact) mass is 359 g/mol. The number of nitrogens with one attached hydrogen (secondary N) is 1. The van der Waals surface area contributed by atoms with E-state index in [0.717, 1.165) is 16.9 Å². The molecule has 6 heteroatoms. The minimum absolute atomic E-state index is 0.144. The molecular formula is C18H15Cl2N3O. The Labute approximate surface area is 149 Å². The van der Waals surface area contributed by atoms with Crippen molar-refractivity contribution < 1.29 is 0 Å². The number of aryl methyl sites for hydroxylation is 1. The maximum Gasteiger partial charge on any atom is 0.280 e. The van der Waals surface area contributed by atoms with Crippen molar-refractivity contribution in [1.82, 2.24) is 9.78 Å². The first-order valence-corrected chi connectivity index (χ1v) is 8.12. The molecule has 0 amide bonds. The molecule has 0 radical (unpaired) electrons. The lowest BCUT2D eigenvalue weighted by Crippen LogP contribution is -2.17. The Morgan fingerprint density at radius 3 is 2.25 bits per heavy atom. The molecule has 0 atom stereocenters. The van der Waals surface area contributed by atoms with Gasteiger partial charge in [0.2, 0.25) is 0 Å². The summed E-state index contributed by atoms with van der Waals surface area (Å²) in [7, 11) is 0. The summed E-state index contributed by atoms with van der Waals surface area (Å²) in [6, 6.07) is 14.5. The van der Waals surface area contributed by atoms with Gasteiger partial charge >= 0.3 is 0 Å². The Bertz CT molecular complexity index is 922. The van der Waals surface area contributed by atoms with Crippen molar-refractivity contribution in [3.8, 4) is 5.69 Å². The average Bonchev–Trinajstić information content (AvgIpc) is 2.85. The van der Waals surface area contributed by atoms with Crippen LogP contribution in [0.3, 0.4) is 0 Å². The van der Waals surface area contributed by atoms with Gasteiger partial charge in [-0.15, -0.1) is 0 Å². The summed E-state index contributed by atoms with van der Waals surface area (Å²) in [5.74, 6) is 0. The van der Waals surface area contributed by atoms with Crippen LogP contribution in [0.1, 0.15) is 16.8 Å². The molecular weight excluding hydrogens is 345 g/mol. The molecule has 1 N–H and O–H groups in total. The van der Waals surface area contributed by atoms with Crippen LogP contribution >= 0.6 is 23.2 Å². The summed E-state index contributed by atoms with van der Waals surface area (Å²) < 4.78 is 1.48. The number of halogens is 2. The van der Waals surface area contributed by atoms with E-state index in [1.807, 2.05) is 31.2 Å². The molecule has 0 saturated heterocycles. The van der Waals surface area contributed by atoms with Crippen LogP contribution in [-0.2, 0) is 6.54 Å². The maximum absolute atomic E-state index is 12.6. The lowest BCUT2D eigenvalue weighted by Gasteiger charge is -2.00. The van der Waals surface area contributed by atoms with Gasteiger partial charge < -0.3 is 0 Å². The number of aromatic nitrogens is 2. The average molecular weight is 360 g/mol. The van der Waals surface area contributed by atoms with Crippen molar-refractivity contribution in [1.29, 1.82) is 0 Å². The Hall–Kier alpha value is -2.30. The predicted molar refractivity (Wildman–Crippen MR) is 98.9 cm³/mol. The van der Waals surface area contributed by atoms with Gasteiger partial charge in [-0.2, -0.15) is 0 Å². The lowest BCUT2D eigenvalue weighted by atomic mass is 10.2. The molecule has 0 saturated carbocycles. The largest absolute Gasteiger partial charge is 0.295 e. The molecule has 122 valence electrons. The molecule has 0 bridgehead atoms. The van der Waals surface area contributed by atoms with E-state index >= 15 is 0 Å². The second-order valence-electron chi connectivity index (χ2n) is 5.36. The second kappa shape index (κ2) is 7.07. The highest BCUT2D eigenvalue weighted by Gasteiger charge is 2.10. The molecule has 0 unspecified atom stereocenters. The number of hydrogen-bond acceptors (Lipinski definition) is 2. The zero-order chi connectivity index (χ0) is 17.1. The summed E-state index contributed by atoms with van der Waals surface area (Å²) in [6.07, 6.45) is 1.61. The van der Waals surface area contributed by atoms with E-state index in [1.54, 1.807) is 30.5 Å². The molecule has 3 rings (SSSR count). The van der Waals surface area contributed by atoms with E-state index < -0.39 is 0 Å². The van der Waals surface area contributed by atoms with Gasteiger partial charge in [-0.25, -0.2) is 4.68 Å². The molecule has 0 spiro atoms. The van der Waals surface area contributed by atoms with Crippen LogP contribution in [0.25, 0.3) is 5.69 Å². The second-order valence-corrected chi connectivity index (χ2v) is 6.24. The zero-order valence-electron chi connectivity index (χ0n) is 13.0. The van der Waals surface area contributed by atoms with E-state index in [0.29, 0.717) is 22.2 Å². The molecule has 1 heterocycles. The molecule has 1 aromatic heterocycles. The van der Waals surface area contributed by atoms with Gasteiger partial charge in [-0.05, 0) is 48.9 Å². The van der Waals surface area contributed by atoms with Crippen molar-refractivity contribution in [2.75, 3.05) is 0 Å². The van der Waals surface area contributed by atoms with Gasteiger partial charge in [-0.3, -0.25) is 14.9 Å². The quantitative estimate of drug-likeness (QED) is 0.689. The van der Waals surface area contributed by atoms with Crippen molar-refractivity contribution in [3.05, 3.63) is 85.8 Å². The Morgan fingerprint density at radius 2 is 1.62 bits per heavy atom. The van der Waals surface area contributed by atoms with E-state index in [4.69, 9.17) is 23.2 Å². The summed E-state index contributed by atoms with van der Waals surface area (Å²) in [4.78, 5) is 16.9. The summed E-state index contributed by atoms with van der Waals surface area (Å²) in [6.45, 7) is 2.33. The molecule has 0 aliphatic heterocycles. The Morgan fingerprint density at radius 1 is 1.04 bits per heavy atom. The first-order chi connectivity index (χ1) is 11.5. The minimum Gasteiger partial charge on any atom is -0.295 e. The van der Waals surface area contributed by atoms with Gasteiger partial charge in [0.05, 0.1) is 17.8 Å². The van der Waals surface area contributed by atoms with Crippen molar-refractivity contribution in [3.63, 3.8) is 0 Å². The fourth-order valence-electron chi connectivity index (χ4n) is 2.32. The van der Waals surface area contributed by atoms with Gasteiger partial charge in [0, 0.05) is 22.0 Å². The summed E-state index contributed by atoms with van der Waals surface area (Å²) >= 11 is 11.7. The predicted octanol–water partition coefficient (Wildman–Crippen LogP) is 4.40. The normalized spacial score (nSPS) is 11.3. The first kappa shape index (κ1) is 16.6. The van der Waals surface area contributed by atoms with Crippen LogP contribution < -0.4 is 5.56 Å². The lowest BCUT2D eigenvalue weighted by molar-refractivity contribution is 0.835. The highest BCUT2D eigenvalue weighted by molar-refractivity contribution is 6.30. The SMILES string of the molecule is Cc1[nH]n(-c2ccc(Cl)cc2)c(=O)c1C=NCc1ccc(Cl)cc1. The molecule has 3 aromatic rings. The topological polar surface area (TPSA) is 50.1 Å². The number of benzene rings is 2. The molecule has 4 nitrogen and oxygen atoms in total. The maximum atomic E-state index is 12.6. The molecule has 0 fully saturated rings. The number of aromatic amines is 1. The minimum atomic E-state index is -0.144. The zero-order valence-corrected chi connectivity index (χ0v) is 14.5. The van der Waals surface area contributed by atoms with Gasteiger partial charge in [0.15, 0.2) is 0 Å². The molecule has 2 aromatic carbocycles. The molecule has 0 aliphatic carbocycles. The number of hydrogen-bond donors (Lipinski definition) is 1. The van der Waals surface area contributed by atoms with Crippen LogP contribution in [0.2, 0.25) is 10.0 Å². The fraction of sp³-hybridized carbons (Fsp3) is 0.111. The first-order valence-electron chi connectivity index (χ1n) is 7.36. The van der Waals surface area contributed by atoms with Crippen LogP contribution in [0.15, 0.2) is 58.3 Å². The van der Waals surface area contributed by atoms with Crippen molar-refractivity contribution in [2.24, 2.45) is 4.99 Å². The van der Waals surface area contributed by atoms with Gasteiger partial charge in [0.1, 0.15) is 0 Å². The summed E-state index contributed by atoms with van der Waals surface area (Å²) in [5, 5.41) is 4.37. The van der Waals surface area contributed by atoms with Gasteiger partial charge in [-0.1, -0.05) is 35.3 Å². The number of aliphatic imine (C=N–C) groups is 1. The third-order valence-electron chi connectivity index (χ3n) is 3.61. The van der Waals surface area contributed by atoms with E-state index in [-0.39, 0.29) is 5.56 Å². The smallest absolute Gasteiger partial charge is 0.280 e. The van der Waals surface area contributed by atoms with Crippen LogP contribution in [0.4, 0.5) is 0 Å². The third kappa shape index (κ3) is 3.61. The van der Waals surface area contributed by atoms with Crippen LogP contribution in [0, 0.1) is 6.92 Å². The Balaban J connectivity index is 1.84. The summed E-state index contributed by atoms with van der Waals surface area (Å²) in [5.41, 5.74) is 2.91. The Kier molecular flexibility index (Phi) is 4.88. The van der Waals surface area contributed by atoms with Crippen molar-refractivity contribution in [2.45, 2.75) is 13.5 Å². The van der Waals surface area contributed by atoms with E-state index in [1.165, 1.54) is 4.68 Å². The molecule has 24 heavy (non-hydrogen) atoms. The number of rotatable bonds is 4. The highest BCUT2D eigenvalue weighted by Crippen LogP contribution is 2.13. The van der Waals surface area contributed by atoms with Crippen molar-refractivity contribution >= 4 is 29.4 Å². The third-order valence-corrected chi connectivity index (χ3v) is 4.11.